The molecule has 0 aromatic heterocycles. The van der Waals surface area contributed by atoms with Gasteiger partial charge in [-0.2, -0.15) is 0 Å². The van der Waals surface area contributed by atoms with Crippen LogP contribution in [0.25, 0.3) is 0 Å². The molecule has 120 valence electrons. The van der Waals surface area contributed by atoms with Crippen LogP contribution in [-0.4, -0.2) is 94.3 Å². The molecule has 0 radical (unpaired) electrons. The van der Waals surface area contributed by atoms with Gasteiger partial charge in [-0.3, -0.25) is 0 Å². The van der Waals surface area contributed by atoms with Gasteiger partial charge < -0.3 is 39.6 Å². The molecule has 21 heavy (non-hydrogen) atoms. The maximum absolute atomic E-state index is 10.7. The predicted molar refractivity (Wildman–Crippen MR) is 60.3 cm³/mol. The van der Waals surface area contributed by atoms with Gasteiger partial charge in [-0.1, -0.05) is 0 Å². The summed E-state index contributed by atoms with van der Waals surface area (Å²) in [5.41, 5.74) is 0. The average molecular weight is 356 g/mol. The van der Waals surface area contributed by atoms with Gasteiger partial charge in [0.25, 0.3) is 0 Å². The summed E-state index contributed by atoms with van der Waals surface area (Å²) in [5.74, 6) is -1.12. The summed E-state index contributed by atoms with van der Waals surface area (Å²) in [6.07, 6.45) is -9.69. The molecule has 0 aromatic carbocycles. The Hall–Kier alpha value is 1.27. The molecule has 10 nitrogen and oxygen atoms in total. The fourth-order valence-electron chi connectivity index (χ4n) is 1.70. The van der Waals surface area contributed by atoms with Crippen LogP contribution in [0.2, 0.25) is 0 Å². The van der Waals surface area contributed by atoms with Gasteiger partial charge in [-0.15, -0.1) is 0 Å². The number of ether oxygens (including phenoxy) is 2. The Balaban J connectivity index is 0.00000400. The summed E-state index contributed by atoms with van der Waals surface area (Å²) in [6.45, 7) is -1.24. The first-order valence-electron chi connectivity index (χ1n) is 5.70. The van der Waals surface area contributed by atoms with Crippen molar-refractivity contribution in [2.45, 2.75) is 36.8 Å². The topological polar surface area (TPSA) is 177 Å². The number of rotatable bonds is 6. The molecule has 0 saturated carbocycles. The van der Waals surface area contributed by atoms with Crippen LogP contribution in [-0.2, 0) is 19.6 Å². The van der Waals surface area contributed by atoms with E-state index in [0.29, 0.717) is 0 Å². The van der Waals surface area contributed by atoms with E-state index in [9.17, 15) is 28.3 Å². The van der Waals surface area contributed by atoms with Gasteiger partial charge >= 0.3 is 51.4 Å². The number of aliphatic hydroxyl groups excluding tert-OH is 5. The van der Waals surface area contributed by atoms with Crippen LogP contribution >= 0.6 is 0 Å². The fourth-order valence-corrected chi connectivity index (χ4v) is 2.38. The Morgan fingerprint density at radius 2 is 1.62 bits per heavy atom. The van der Waals surface area contributed by atoms with Crippen LogP contribution < -0.4 is 51.4 Å². The molecule has 1 rings (SSSR count). The Morgan fingerprint density at radius 3 is 2.05 bits per heavy atom. The molecule has 0 amide bonds. The first-order chi connectivity index (χ1) is 9.19. The van der Waals surface area contributed by atoms with E-state index >= 15 is 0 Å². The molecule has 0 bridgehead atoms. The third kappa shape index (κ3) is 6.72. The first-order valence-corrected chi connectivity index (χ1v) is 7.27. The molecule has 1 heterocycles. The summed E-state index contributed by atoms with van der Waals surface area (Å²) in [4.78, 5) is 0. The van der Waals surface area contributed by atoms with Gasteiger partial charge in [0.2, 0.25) is 0 Å². The maximum atomic E-state index is 10.7. The van der Waals surface area contributed by atoms with Crippen molar-refractivity contribution in [1.82, 2.24) is 0 Å². The predicted octanol–water partition coefficient (Wildman–Crippen LogP) is -7.29. The van der Waals surface area contributed by atoms with Crippen molar-refractivity contribution in [3.8, 4) is 0 Å². The van der Waals surface area contributed by atoms with Gasteiger partial charge in [0, 0.05) is 0 Å². The van der Waals surface area contributed by atoms with Crippen molar-refractivity contribution in [3.05, 3.63) is 0 Å². The summed E-state index contributed by atoms with van der Waals surface area (Å²) in [7, 11) is -4.74. The molecule has 0 spiro atoms. The van der Waals surface area contributed by atoms with Gasteiger partial charge in [-0.25, -0.2) is 8.42 Å². The molecule has 0 aliphatic carbocycles. The minimum absolute atomic E-state index is 0. The Bertz CT molecular complexity index is 399. The average Bonchev–Trinajstić information content (AvgIpc) is 2.36. The number of aliphatic hydroxyl groups is 5. The van der Waals surface area contributed by atoms with E-state index in [0.717, 1.165) is 0 Å². The summed E-state index contributed by atoms with van der Waals surface area (Å²) < 4.78 is 41.8. The van der Waals surface area contributed by atoms with Crippen LogP contribution in [0.15, 0.2) is 0 Å². The largest absolute Gasteiger partial charge is 1.00 e. The van der Waals surface area contributed by atoms with Crippen molar-refractivity contribution in [3.63, 3.8) is 0 Å². The smallest absolute Gasteiger partial charge is 0.748 e. The normalized spacial score (nSPS) is 33.8. The second kappa shape index (κ2) is 9.54. The molecular weight excluding hydrogens is 339 g/mol. The van der Waals surface area contributed by atoms with Crippen molar-refractivity contribution >= 4 is 10.1 Å². The van der Waals surface area contributed by atoms with Gasteiger partial charge in [0.05, 0.1) is 29.1 Å². The maximum Gasteiger partial charge on any atom is 1.00 e. The zero-order valence-corrected chi connectivity index (χ0v) is 15.2. The molecule has 0 aromatic rings. The minimum atomic E-state index is -4.74. The van der Waals surface area contributed by atoms with Crippen molar-refractivity contribution < 1.29 is 99.4 Å². The van der Waals surface area contributed by atoms with Crippen molar-refractivity contribution in [2.24, 2.45) is 0 Å². The SMILES string of the molecule is O=S(=O)([O-])C[C@H]1O[C@@H](OC(CO)CO)[C@H](O)[C@@H](O)[C@@H]1O.[K+]. The monoisotopic (exact) mass is 356 g/mol. The number of hydrogen-bond donors (Lipinski definition) is 5. The summed E-state index contributed by atoms with van der Waals surface area (Å²) in [6, 6.07) is 0. The fraction of sp³-hybridized carbons (Fsp3) is 1.00. The summed E-state index contributed by atoms with van der Waals surface area (Å²) in [5, 5.41) is 46.4. The standard InChI is InChI=1S/C9H18O10S.K/c10-1-4(2-11)18-9-8(14)7(13)6(12)5(19-9)3-20(15,16)17;/h4-14H,1-3H2,(H,15,16,17);/q;+1/p-1/t5-,6-,7+,8-,9-;/m1./s1. The third-order valence-corrected chi connectivity index (χ3v) is 3.51. The second-order valence-corrected chi connectivity index (χ2v) is 5.81. The Morgan fingerprint density at radius 1 is 1.10 bits per heavy atom. The van der Waals surface area contributed by atoms with E-state index in [-0.39, 0.29) is 51.4 Å². The third-order valence-electron chi connectivity index (χ3n) is 2.77. The van der Waals surface area contributed by atoms with Gasteiger partial charge in [0.15, 0.2) is 6.29 Å². The van der Waals surface area contributed by atoms with Gasteiger partial charge in [0.1, 0.15) is 30.5 Å². The van der Waals surface area contributed by atoms with E-state index in [1.54, 1.807) is 0 Å². The molecule has 1 aliphatic heterocycles. The molecule has 1 aliphatic rings. The Kier molecular flexibility index (Phi) is 10.1. The first kappa shape index (κ1) is 22.3. The van der Waals surface area contributed by atoms with Crippen LogP contribution in [0, 0.1) is 0 Å². The summed E-state index contributed by atoms with van der Waals surface area (Å²) >= 11 is 0. The quantitative estimate of drug-likeness (QED) is 0.227. The van der Waals surface area contributed by atoms with Crippen LogP contribution in [0.5, 0.6) is 0 Å². The van der Waals surface area contributed by atoms with E-state index in [4.69, 9.17) is 19.7 Å². The van der Waals surface area contributed by atoms with Crippen molar-refractivity contribution in [2.75, 3.05) is 19.0 Å². The van der Waals surface area contributed by atoms with Gasteiger partial charge in [-0.05, 0) is 0 Å². The molecule has 0 unspecified atom stereocenters. The minimum Gasteiger partial charge on any atom is -0.748 e. The molecule has 1 saturated heterocycles. The molecule has 1 fully saturated rings. The van der Waals surface area contributed by atoms with E-state index in [1.165, 1.54) is 0 Å². The van der Waals surface area contributed by atoms with Crippen LogP contribution in [0.4, 0.5) is 0 Å². The zero-order chi connectivity index (χ0) is 15.5. The number of hydrogen-bond acceptors (Lipinski definition) is 10. The molecule has 12 heteroatoms. The van der Waals surface area contributed by atoms with Crippen LogP contribution in [0.1, 0.15) is 0 Å². The zero-order valence-electron chi connectivity index (χ0n) is 11.3. The van der Waals surface area contributed by atoms with E-state index in [1.807, 2.05) is 0 Å². The molecule has 5 N–H and O–H groups in total. The molecular formula is C9H17KO10S. The van der Waals surface area contributed by atoms with Crippen molar-refractivity contribution in [1.29, 1.82) is 0 Å². The molecule has 5 atom stereocenters. The van der Waals surface area contributed by atoms with E-state index in [2.05, 4.69) is 0 Å². The second-order valence-electron chi connectivity index (χ2n) is 4.36. The van der Waals surface area contributed by atoms with Crippen LogP contribution in [0.3, 0.4) is 0 Å². The Labute approximate surface area is 163 Å². The van der Waals surface area contributed by atoms with E-state index < -0.39 is 65.9 Å².